The van der Waals surface area contributed by atoms with Crippen LogP contribution in [-0.2, 0) is 35.2 Å². The van der Waals surface area contributed by atoms with E-state index in [9.17, 15) is 21.6 Å². The smallest absolute Gasteiger partial charge is 0.320 e. The Hall–Kier alpha value is -3.25. The lowest BCUT2D eigenvalue weighted by Crippen LogP contribution is -2.43. The summed E-state index contributed by atoms with van der Waals surface area (Å²) >= 11 is 0. The number of piperidine rings is 1. The number of alkyl halides is 3. The van der Waals surface area contributed by atoms with Gasteiger partial charge in [-0.05, 0) is 79.5 Å². The summed E-state index contributed by atoms with van der Waals surface area (Å²) in [6, 6.07) is 9.52. The highest BCUT2D eigenvalue weighted by atomic mass is 32.2. The van der Waals surface area contributed by atoms with Crippen LogP contribution in [0.3, 0.4) is 0 Å². The van der Waals surface area contributed by atoms with Gasteiger partial charge in [0, 0.05) is 20.1 Å². The van der Waals surface area contributed by atoms with E-state index in [1.807, 2.05) is 17.7 Å². The molecular weight excluding hydrogens is 553 g/mol. The summed E-state index contributed by atoms with van der Waals surface area (Å²) in [7, 11) is -2.51. The largest absolute Gasteiger partial charge is 0.418 e. The summed E-state index contributed by atoms with van der Waals surface area (Å²) < 4.78 is 73.4. The number of aryl methyl sites for hydroxylation is 1. The number of hydrogen-bond donors (Lipinski definition) is 0. The predicted molar refractivity (Wildman–Crippen MR) is 150 cm³/mol. The highest BCUT2D eigenvalue weighted by Gasteiger charge is 2.48. The molecule has 8 nitrogen and oxygen atoms in total. The van der Waals surface area contributed by atoms with E-state index in [-0.39, 0.29) is 6.54 Å². The number of rotatable bonds is 5. The molecule has 1 aliphatic carbocycles. The lowest BCUT2D eigenvalue weighted by molar-refractivity contribution is -0.137. The van der Waals surface area contributed by atoms with Gasteiger partial charge in [0.1, 0.15) is 23.4 Å². The van der Waals surface area contributed by atoms with Crippen LogP contribution in [0.5, 0.6) is 0 Å². The number of fused-ring (bicyclic) bond motifs is 1. The van der Waals surface area contributed by atoms with Crippen LogP contribution in [-0.4, -0.2) is 47.5 Å². The molecule has 2 aromatic carbocycles. The zero-order valence-electron chi connectivity index (χ0n) is 23.3. The molecule has 6 rings (SSSR count). The first-order valence-electron chi connectivity index (χ1n) is 13.9. The zero-order chi connectivity index (χ0) is 29.2. The van der Waals surface area contributed by atoms with Gasteiger partial charge in [0.2, 0.25) is 0 Å². The van der Waals surface area contributed by atoms with Gasteiger partial charge in [0.15, 0.2) is 0 Å². The van der Waals surface area contributed by atoms with Gasteiger partial charge >= 0.3 is 6.18 Å². The molecule has 1 atom stereocenters. The van der Waals surface area contributed by atoms with Crippen LogP contribution in [0.2, 0.25) is 0 Å². The molecule has 0 radical (unpaired) electrons. The average molecular weight is 587 g/mol. The fourth-order valence-corrected chi connectivity index (χ4v) is 8.29. The normalized spacial score (nSPS) is 26.0. The Labute approximate surface area is 238 Å². The molecule has 0 amide bonds. The molecule has 41 heavy (non-hydrogen) atoms. The molecule has 1 saturated heterocycles. The standard InChI is InChI=1S/C29H33F3N6O2S/c1-19-6-5-9-37(15-19)16-21-10-24(29(30,31)32)26-25(11-21)41(39,40)38(17-33-26)23-8-4-7-22(12-23)28(13-20(2)14-28)27-35-34-18-36(27)3/h4,7-8,10-12,17-20H,5-6,9,13-16H2,1-3H3/t19-,20?,28?/m0/s1. The molecule has 0 bridgehead atoms. The maximum atomic E-state index is 14.2. The van der Waals surface area contributed by atoms with Gasteiger partial charge in [0.05, 0.1) is 22.4 Å². The molecule has 0 N–H and O–H groups in total. The van der Waals surface area contributed by atoms with E-state index in [4.69, 9.17) is 0 Å². The predicted octanol–water partition coefficient (Wildman–Crippen LogP) is 5.65. The maximum Gasteiger partial charge on any atom is 0.418 e. The minimum atomic E-state index is -4.76. The second kappa shape index (κ2) is 9.94. The van der Waals surface area contributed by atoms with Crippen molar-refractivity contribution in [3.63, 3.8) is 0 Å². The van der Waals surface area contributed by atoms with E-state index in [1.165, 1.54) is 6.07 Å². The number of hydrogen-bond acceptors (Lipinski definition) is 6. The Bertz CT molecular complexity index is 1610. The Balaban J connectivity index is 1.40. The van der Waals surface area contributed by atoms with Crippen LogP contribution in [0.15, 0.2) is 52.6 Å². The highest BCUT2D eigenvalue weighted by molar-refractivity contribution is 7.93. The molecule has 2 aliphatic heterocycles. The van der Waals surface area contributed by atoms with Crippen LogP contribution >= 0.6 is 0 Å². The third-order valence-corrected chi connectivity index (χ3v) is 10.3. The van der Waals surface area contributed by atoms with Crippen LogP contribution < -0.4 is 4.31 Å². The van der Waals surface area contributed by atoms with E-state index in [0.29, 0.717) is 23.1 Å². The van der Waals surface area contributed by atoms with Crippen LogP contribution in [0.1, 0.15) is 62.0 Å². The van der Waals surface area contributed by atoms with E-state index >= 15 is 0 Å². The van der Waals surface area contributed by atoms with E-state index in [0.717, 1.165) is 66.9 Å². The highest BCUT2D eigenvalue weighted by Crippen LogP contribution is 2.52. The summed E-state index contributed by atoms with van der Waals surface area (Å²) in [4.78, 5) is 5.73. The van der Waals surface area contributed by atoms with Crippen molar-refractivity contribution in [2.75, 3.05) is 17.4 Å². The maximum absolute atomic E-state index is 14.2. The van der Waals surface area contributed by atoms with Gasteiger partial charge < -0.3 is 4.57 Å². The second-order valence-electron chi connectivity index (χ2n) is 11.9. The average Bonchev–Trinajstić information content (AvgIpc) is 3.32. The number of aromatic nitrogens is 3. The van der Waals surface area contributed by atoms with Crippen molar-refractivity contribution in [1.29, 1.82) is 0 Å². The van der Waals surface area contributed by atoms with Crippen molar-refractivity contribution in [1.82, 2.24) is 19.7 Å². The number of sulfonamides is 1. The number of aliphatic imine (C=N–C) groups is 1. The molecule has 12 heteroatoms. The van der Waals surface area contributed by atoms with E-state index in [2.05, 4.69) is 33.9 Å². The van der Waals surface area contributed by atoms with Crippen molar-refractivity contribution < 1.29 is 21.6 Å². The number of halogens is 3. The fourth-order valence-electron chi connectivity index (χ4n) is 6.81. The third-order valence-electron chi connectivity index (χ3n) is 8.60. The molecule has 1 aromatic heterocycles. The number of nitrogens with zero attached hydrogens (tertiary/aromatic N) is 6. The summed E-state index contributed by atoms with van der Waals surface area (Å²) in [5, 5.41) is 8.41. The zero-order valence-corrected chi connectivity index (χ0v) is 24.1. The van der Waals surface area contributed by atoms with Gasteiger partial charge in [0.25, 0.3) is 10.0 Å². The van der Waals surface area contributed by atoms with Gasteiger partial charge in [-0.15, -0.1) is 10.2 Å². The summed E-state index contributed by atoms with van der Waals surface area (Å²) in [6.45, 7) is 6.03. The van der Waals surface area contributed by atoms with E-state index < -0.39 is 37.8 Å². The molecule has 3 aliphatic rings. The number of benzene rings is 2. The first-order chi connectivity index (χ1) is 19.4. The molecular formula is C29H33F3N6O2S. The van der Waals surface area contributed by atoms with Crippen LogP contribution in [0.25, 0.3) is 0 Å². The second-order valence-corrected chi connectivity index (χ2v) is 13.7. The Kier molecular flexibility index (Phi) is 6.76. The fraction of sp³-hybridized carbons (Fsp3) is 0.483. The topological polar surface area (TPSA) is 83.7 Å². The number of anilines is 1. The Morgan fingerprint density at radius 3 is 2.54 bits per heavy atom. The van der Waals surface area contributed by atoms with Gasteiger partial charge in [-0.3, -0.25) is 4.90 Å². The van der Waals surface area contributed by atoms with Crippen LogP contribution in [0, 0.1) is 11.8 Å². The molecule has 3 heterocycles. The van der Waals surface area contributed by atoms with Crippen molar-refractivity contribution >= 4 is 27.7 Å². The molecule has 3 aromatic rings. The minimum Gasteiger partial charge on any atom is -0.320 e. The molecule has 218 valence electrons. The molecule has 2 fully saturated rings. The summed E-state index contributed by atoms with van der Waals surface area (Å²) in [6.07, 6.45) is 1.54. The summed E-state index contributed by atoms with van der Waals surface area (Å²) in [5.74, 6) is 1.67. The van der Waals surface area contributed by atoms with Crippen LogP contribution in [0.4, 0.5) is 24.5 Å². The van der Waals surface area contributed by atoms with Gasteiger partial charge in [-0.25, -0.2) is 17.7 Å². The monoisotopic (exact) mass is 586 g/mol. The van der Waals surface area contributed by atoms with Crippen molar-refractivity contribution in [2.24, 2.45) is 23.9 Å². The lowest BCUT2D eigenvalue weighted by atomic mass is 9.58. The number of likely N-dealkylation sites (tertiary alicyclic amines) is 1. The minimum absolute atomic E-state index is 0.244. The van der Waals surface area contributed by atoms with Crippen molar-refractivity contribution in [2.45, 2.75) is 62.6 Å². The van der Waals surface area contributed by atoms with E-state index in [1.54, 1.807) is 24.5 Å². The Morgan fingerprint density at radius 1 is 1.10 bits per heavy atom. The first kappa shape index (κ1) is 27.9. The lowest BCUT2D eigenvalue weighted by Gasteiger charge is -2.46. The van der Waals surface area contributed by atoms with Crippen molar-refractivity contribution in [3.05, 3.63) is 65.2 Å². The molecule has 0 spiro atoms. The van der Waals surface area contributed by atoms with Gasteiger partial charge in [-0.1, -0.05) is 26.0 Å². The Morgan fingerprint density at radius 2 is 1.88 bits per heavy atom. The first-order valence-corrected chi connectivity index (χ1v) is 15.3. The molecule has 1 saturated carbocycles. The quantitative estimate of drug-likeness (QED) is 0.386. The van der Waals surface area contributed by atoms with Crippen molar-refractivity contribution in [3.8, 4) is 0 Å². The summed E-state index contributed by atoms with van der Waals surface area (Å²) in [5.41, 5.74) is -0.539. The molecule has 0 unspecified atom stereocenters. The third kappa shape index (κ3) is 4.84. The SMILES string of the molecule is CC1CC(c2cccc(N3C=Nc4c(C(F)(F)F)cc(CN5CCC[C@H](C)C5)cc4S3(=O)=O)c2)(c2nncn2C)C1. The van der Waals surface area contributed by atoms with Gasteiger partial charge in [-0.2, -0.15) is 13.2 Å².